The molecule has 0 aromatic carbocycles. The highest BCUT2D eigenvalue weighted by atomic mass is 32.1. The number of nitrogens with zero attached hydrogens (tertiary/aromatic N) is 4. The lowest BCUT2D eigenvalue weighted by Crippen LogP contribution is -2.39. The van der Waals surface area contributed by atoms with Gasteiger partial charge in [0.25, 0.3) is 5.91 Å². The second kappa shape index (κ2) is 5.36. The van der Waals surface area contributed by atoms with Crippen molar-refractivity contribution < 1.29 is 4.79 Å². The number of rotatable bonds is 2. The highest BCUT2D eigenvalue weighted by molar-refractivity contribution is 7.07. The summed E-state index contributed by atoms with van der Waals surface area (Å²) in [7, 11) is 2.02. The maximum atomic E-state index is 12.4. The summed E-state index contributed by atoms with van der Waals surface area (Å²) in [5.41, 5.74) is 3.30. The summed E-state index contributed by atoms with van der Waals surface area (Å²) >= 11 is 1.46. The molecular weight excluding hydrogens is 272 g/mol. The largest absolute Gasteiger partial charge is 0.337 e. The third-order valence-corrected chi connectivity index (χ3v) is 4.34. The second-order valence-corrected chi connectivity index (χ2v) is 6.03. The topological polar surface area (TPSA) is 51.0 Å². The van der Waals surface area contributed by atoms with E-state index in [1.54, 1.807) is 5.51 Å². The van der Waals surface area contributed by atoms with Crippen molar-refractivity contribution in [2.24, 2.45) is 7.05 Å². The van der Waals surface area contributed by atoms with Crippen LogP contribution in [-0.2, 0) is 7.05 Å². The van der Waals surface area contributed by atoms with E-state index in [2.05, 4.69) is 14.5 Å². The van der Waals surface area contributed by atoms with Crippen molar-refractivity contribution in [2.75, 3.05) is 13.1 Å². The van der Waals surface area contributed by atoms with Crippen molar-refractivity contribution in [3.05, 3.63) is 34.3 Å². The van der Waals surface area contributed by atoms with Crippen LogP contribution in [-0.4, -0.2) is 38.4 Å². The first-order valence-corrected chi connectivity index (χ1v) is 7.76. The molecule has 1 unspecified atom stereocenters. The Bertz CT molecular complexity index is 605. The minimum atomic E-state index is 0.0434. The third-order valence-electron chi connectivity index (χ3n) is 3.76. The number of carbonyl (C=O) groups excluding carboxylic acids is 1. The van der Waals surface area contributed by atoms with E-state index >= 15 is 0 Å². The molecule has 20 heavy (non-hydrogen) atoms. The van der Waals surface area contributed by atoms with Gasteiger partial charge in [-0.2, -0.15) is 0 Å². The summed E-state index contributed by atoms with van der Waals surface area (Å²) < 4.78 is 2.08. The zero-order valence-electron chi connectivity index (χ0n) is 11.7. The molecule has 0 aliphatic carbocycles. The van der Waals surface area contributed by atoms with Gasteiger partial charge in [-0.1, -0.05) is 0 Å². The number of aromatic nitrogens is 3. The number of amides is 1. The first-order chi connectivity index (χ1) is 9.65. The standard InChI is InChI=1S/C14H18N4OS/c1-10-6-17(2)13(16-10)11-4-3-5-18(7-11)14(19)12-8-20-9-15-12/h6,8-9,11H,3-5,7H2,1-2H3. The van der Waals surface area contributed by atoms with Gasteiger partial charge >= 0.3 is 0 Å². The molecule has 0 spiro atoms. The molecule has 0 saturated carbocycles. The SMILES string of the molecule is Cc1cn(C)c(C2CCCN(C(=O)c3cscn3)C2)n1. The lowest BCUT2D eigenvalue weighted by atomic mass is 9.97. The third kappa shape index (κ3) is 2.47. The van der Waals surface area contributed by atoms with Crippen LogP contribution < -0.4 is 0 Å². The number of thiazole rings is 1. The molecule has 1 aliphatic heterocycles. The lowest BCUT2D eigenvalue weighted by molar-refractivity contribution is 0.0698. The minimum Gasteiger partial charge on any atom is -0.337 e. The molecule has 2 aromatic heterocycles. The van der Waals surface area contributed by atoms with Crippen molar-refractivity contribution in [2.45, 2.75) is 25.7 Å². The fraction of sp³-hybridized carbons (Fsp3) is 0.500. The molecule has 2 aromatic rings. The van der Waals surface area contributed by atoms with E-state index in [0.717, 1.165) is 37.4 Å². The predicted octanol–water partition coefficient (Wildman–Crippen LogP) is 2.20. The van der Waals surface area contributed by atoms with Gasteiger partial charge in [0.15, 0.2) is 0 Å². The number of piperidine rings is 1. The van der Waals surface area contributed by atoms with Crippen LogP contribution in [0.5, 0.6) is 0 Å². The van der Waals surface area contributed by atoms with Gasteiger partial charge in [0.05, 0.1) is 11.2 Å². The maximum absolute atomic E-state index is 12.4. The molecule has 3 heterocycles. The van der Waals surface area contributed by atoms with E-state index < -0.39 is 0 Å². The number of hydrogen-bond acceptors (Lipinski definition) is 4. The van der Waals surface area contributed by atoms with E-state index in [4.69, 9.17) is 0 Å². The smallest absolute Gasteiger partial charge is 0.273 e. The molecular formula is C14H18N4OS. The van der Waals surface area contributed by atoms with E-state index in [9.17, 15) is 4.79 Å². The van der Waals surface area contributed by atoms with Crippen molar-refractivity contribution in [3.63, 3.8) is 0 Å². The number of aryl methyl sites for hydroxylation is 2. The molecule has 106 valence electrons. The Hall–Kier alpha value is -1.69. The van der Waals surface area contributed by atoms with E-state index in [-0.39, 0.29) is 5.91 Å². The number of likely N-dealkylation sites (tertiary alicyclic amines) is 1. The molecule has 1 atom stereocenters. The average molecular weight is 290 g/mol. The quantitative estimate of drug-likeness (QED) is 0.852. The van der Waals surface area contributed by atoms with Gasteiger partial charge < -0.3 is 9.47 Å². The molecule has 5 nitrogen and oxygen atoms in total. The van der Waals surface area contributed by atoms with Crippen LogP contribution in [0, 0.1) is 6.92 Å². The number of hydrogen-bond donors (Lipinski definition) is 0. The fourth-order valence-corrected chi connectivity index (χ4v) is 3.39. The molecule has 0 N–H and O–H groups in total. The molecule has 1 aliphatic rings. The van der Waals surface area contributed by atoms with Crippen LogP contribution in [0.2, 0.25) is 0 Å². The molecule has 0 radical (unpaired) electrons. The van der Waals surface area contributed by atoms with Gasteiger partial charge in [-0.05, 0) is 19.8 Å². The van der Waals surface area contributed by atoms with Gasteiger partial charge in [-0.15, -0.1) is 11.3 Å². The molecule has 3 rings (SSSR count). The number of carbonyl (C=O) groups is 1. The fourth-order valence-electron chi connectivity index (χ4n) is 2.87. The maximum Gasteiger partial charge on any atom is 0.273 e. The predicted molar refractivity (Wildman–Crippen MR) is 77.9 cm³/mol. The lowest BCUT2D eigenvalue weighted by Gasteiger charge is -2.32. The zero-order chi connectivity index (χ0) is 14.1. The summed E-state index contributed by atoms with van der Waals surface area (Å²) in [6.07, 6.45) is 4.15. The van der Waals surface area contributed by atoms with Crippen LogP contribution in [0.15, 0.2) is 17.1 Å². The molecule has 1 amide bonds. The first kappa shape index (κ1) is 13.3. The minimum absolute atomic E-state index is 0.0434. The van der Waals surface area contributed by atoms with Gasteiger partial charge in [0.2, 0.25) is 0 Å². The Morgan fingerprint density at radius 1 is 1.50 bits per heavy atom. The Kier molecular flexibility index (Phi) is 3.56. The van der Waals surface area contributed by atoms with Gasteiger partial charge in [-0.3, -0.25) is 4.79 Å². The highest BCUT2D eigenvalue weighted by Gasteiger charge is 2.28. The van der Waals surface area contributed by atoms with Crippen molar-refractivity contribution in [3.8, 4) is 0 Å². The summed E-state index contributed by atoms with van der Waals surface area (Å²) in [5, 5.41) is 1.82. The molecule has 6 heteroatoms. The molecule has 0 bridgehead atoms. The van der Waals surface area contributed by atoms with Crippen LogP contribution >= 0.6 is 11.3 Å². The molecule has 1 saturated heterocycles. The Balaban J connectivity index is 1.77. The number of imidazole rings is 1. The summed E-state index contributed by atoms with van der Waals surface area (Å²) in [4.78, 5) is 23.0. The van der Waals surface area contributed by atoms with E-state index in [1.165, 1.54) is 11.3 Å². The molecule has 1 fully saturated rings. The Morgan fingerprint density at radius 2 is 2.35 bits per heavy atom. The van der Waals surface area contributed by atoms with Crippen LogP contribution in [0.4, 0.5) is 0 Å². The van der Waals surface area contributed by atoms with E-state index in [0.29, 0.717) is 11.6 Å². The zero-order valence-corrected chi connectivity index (χ0v) is 12.6. The first-order valence-electron chi connectivity index (χ1n) is 6.82. The summed E-state index contributed by atoms with van der Waals surface area (Å²) in [6.45, 7) is 3.56. The Morgan fingerprint density at radius 3 is 3.00 bits per heavy atom. The van der Waals surface area contributed by atoms with Crippen molar-refractivity contribution in [1.82, 2.24) is 19.4 Å². The summed E-state index contributed by atoms with van der Waals surface area (Å²) in [6, 6.07) is 0. The normalized spacial score (nSPS) is 19.3. The van der Waals surface area contributed by atoms with Crippen LogP contribution in [0.25, 0.3) is 0 Å². The summed E-state index contributed by atoms with van der Waals surface area (Å²) in [5.74, 6) is 1.45. The monoisotopic (exact) mass is 290 g/mol. The van der Waals surface area contributed by atoms with Gasteiger partial charge in [-0.25, -0.2) is 9.97 Å². The Labute approximate surface area is 122 Å². The van der Waals surface area contributed by atoms with Crippen LogP contribution in [0.1, 0.15) is 40.8 Å². The van der Waals surface area contributed by atoms with E-state index in [1.807, 2.05) is 30.4 Å². The van der Waals surface area contributed by atoms with Gasteiger partial charge in [0.1, 0.15) is 11.5 Å². The van der Waals surface area contributed by atoms with Gasteiger partial charge in [0, 0.05) is 37.6 Å². The van der Waals surface area contributed by atoms with Crippen molar-refractivity contribution in [1.29, 1.82) is 0 Å². The van der Waals surface area contributed by atoms with Crippen LogP contribution in [0.3, 0.4) is 0 Å². The average Bonchev–Trinajstić information content (AvgIpc) is 3.08. The van der Waals surface area contributed by atoms with Crippen molar-refractivity contribution >= 4 is 17.2 Å². The highest BCUT2D eigenvalue weighted by Crippen LogP contribution is 2.27. The second-order valence-electron chi connectivity index (χ2n) is 5.32.